The zero-order valence-electron chi connectivity index (χ0n) is 21.7. The number of halogens is 1. The summed E-state index contributed by atoms with van der Waals surface area (Å²) in [5.41, 5.74) is 6.49. The van der Waals surface area contributed by atoms with E-state index in [4.69, 9.17) is 28.8 Å². The Labute approximate surface area is 235 Å². The molecular weight excluding hydrogens is 510 g/mol. The van der Waals surface area contributed by atoms with Crippen molar-refractivity contribution in [3.63, 3.8) is 0 Å². The number of anilines is 2. The van der Waals surface area contributed by atoms with Gasteiger partial charge in [-0.1, -0.05) is 36.7 Å². The average molecular weight is 542 g/mol. The van der Waals surface area contributed by atoms with Crippen LogP contribution in [0.1, 0.15) is 48.8 Å². The van der Waals surface area contributed by atoms with Gasteiger partial charge < -0.3 is 19.7 Å². The van der Waals surface area contributed by atoms with Gasteiger partial charge in [-0.15, -0.1) is 0 Å². The number of nitrogens with one attached hydrogen (secondary N) is 1. The fourth-order valence-electron chi connectivity index (χ4n) is 5.73. The first kappa shape index (κ1) is 25.0. The van der Waals surface area contributed by atoms with Gasteiger partial charge in [0.05, 0.1) is 22.4 Å². The number of hydrogen-bond donors (Lipinski definition) is 1. The van der Waals surface area contributed by atoms with Gasteiger partial charge in [0, 0.05) is 42.6 Å². The van der Waals surface area contributed by atoms with Gasteiger partial charge in [-0.2, -0.15) is 0 Å². The van der Waals surface area contributed by atoms with E-state index in [0.717, 1.165) is 52.5 Å². The minimum Gasteiger partial charge on any atom is -0.370 e. The first-order valence-electron chi connectivity index (χ1n) is 13.3. The van der Waals surface area contributed by atoms with E-state index in [-0.39, 0.29) is 12.1 Å². The molecule has 1 N–H and O–H groups in total. The average Bonchev–Trinajstić information content (AvgIpc) is 3.54. The smallest absolute Gasteiger partial charge is 0.174 e. The highest BCUT2D eigenvalue weighted by Crippen LogP contribution is 2.44. The number of pyridine rings is 1. The molecule has 2 fully saturated rings. The van der Waals surface area contributed by atoms with Crippen LogP contribution in [0.3, 0.4) is 0 Å². The molecule has 4 heterocycles. The molecule has 4 aromatic rings. The van der Waals surface area contributed by atoms with Crippen molar-refractivity contribution in [2.75, 3.05) is 22.9 Å². The number of nitrogens with zero attached hydrogens (tertiary/aromatic N) is 4. The maximum Gasteiger partial charge on any atom is 0.174 e. The normalized spacial score (nSPS) is 20.1. The molecule has 0 saturated carbocycles. The van der Waals surface area contributed by atoms with Gasteiger partial charge in [0.25, 0.3) is 0 Å². The summed E-state index contributed by atoms with van der Waals surface area (Å²) in [6, 6.07) is 25.0. The molecule has 0 amide bonds. The summed E-state index contributed by atoms with van der Waals surface area (Å²) < 4.78 is 2.25. The quantitative estimate of drug-likeness (QED) is 0.269. The number of hydrogen-bond acceptors (Lipinski definition) is 3. The SMILES string of the molecule is Cc1cccc(-n2cccc2[C@@H]2[C@@H](c3ccccn3)NC(=S)N2c2ccc(N3CCC(C)CC3)c(Cl)c2)c1. The third-order valence-electron chi connectivity index (χ3n) is 7.80. The molecule has 38 heavy (non-hydrogen) atoms. The van der Waals surface area contributed by atoms with E-state index in [2.05, 4.69) is 100 Å². The van der Waals surface area contributed by atoms with E-state index in [0.29, 0.717) is 5.11 Å². The zero-order chi connectivity index (χ0) is 26.2. The van der Waals surface area contributed by atoms with Gasteiger partial charge in [0.15, 0.2) is 5.11 Å². The van der Waals surface area contributed by atoms with E-state index < -0.39 is 0 Å². The van der Waals surface area contributed by atoms with E-state index in [1.807, 2.05) is 18.3 Å². The molecule has 0 unspecified atom stereocenters. The summed E-state index contributed by atoms with van der Waals surface area (Å²) >= 11 is 12.9. The molecule has 2 aliphatic heterocycles. The molecule has 7 heteroatoms. The van der Waals surface area contributed by atoms with Gasteiger partial charge in [0.1, 0.15) is 6.04 Å². The number of thiocarbonyl (C=S) groups is 1. The lowest BCUT2D eigenvalue weighted by Gasteiger charge is -2.33. The van der Waals surface area contributed by atoms with Crippen molar-refractivity contribution in [1.29, 1.82) is 0 Å². The summed E-state index contributed by atoms with van der Waals surface area (Å²) in [6.45, 7) is 6.53. The lowest BCUT2D eigenvalue weighted by molar-refractivity contribution is 0.438. The lowest BCUT2D eigenvalue weighted by atomic mass is 9.98. The Kier molecular flexibility index (Phi) is 6.85. The third-order valence-corrected chi connectivity index (χ3v) is 8.41. The summed E-state index contributed by atoms with van der Waals surface area (Å²) in [5.74, 6) is 0.770. The Morgan fingerprint density at radius 1 is 0.947 bits per heavy atom. The van der Waals surface area contributed by atoms with Crippen molar-refractivity contribution in [2.45, 2.75) is 38.8 Å². The molecule has 194 valence electrons. The second-order valence-electron chi connectivity index (χ2n) is 10.4. The van der Waals surface area contributed by atoms with Crippen LogP contribution < -0.4 is 15.1 Å². The number of piperidine rings is 1. The molecule has 2 aromatic carbocycles. The van der Waals surface area contributed by atoms with Crippen molar-refractivity contribution in [1.82, 2.24) is 14.9 Å². The van der Waals surface area contributed by atoms with Gasteiger partial charge in [-0.3, -0.25) is 4.98 Å². The fourth-order valence-corrected chi connectivity index (χ4v) is 6.37. The highest BCUT2D eigenvalue weighted by Gasteiger charge is 2.42. The molecule has 0 spiro atoms. The standard InChI is InChI=1S/C31H32ClN5S/c1-21-13-17-35(18-14-21)27-12-11-24(20-25(27)32)37-30(29(34-31(37)38)26-9-3-4-15-33-26)28-10-6-16-36(28)23-8-5-7-22(2)19-23/h3-12,15-16,19-21,29-30H,13-14,17-18H2,1-2H3,(H,34,38)/t29-,30-/m1/s1. The zero-order valence-corrected chi connectivity index (χ0v) is 23.3. The number of aromatic nitrogens is 2. The van der Waals surface area contributed by atoms with Crippen LogP contribution in [-0.4, -0.2) is 27.8 Å². The van der Waals surface area contributed by atoms with Gasteiger partial charge >= 0.3 is 0 Å². The lowest BCUT2D eigenvalue weighted by Crippen LogP contribution is -2.33. The molecule has 0 radical (unpaired) electrons. The van der Waals surface area contributed by atoms with Crippen molar-refractivity contribution in [3.8, 4) is 5.69 Å². The fraction of sp³-hybridized carbons (Fsp3) is 0.290. The summed E-state index contributed by atoms with van der Waals surface area (Å²) in [6.07, 6.45) is 6.35. The van der Waals surface area contributed by atoms with E-state index in [1.165, 1.54) is 18.4 Å². The molecule has 2 aromatic heterocycles. The molecular formula is C31H32ClN5S. The van der Waals surface area contributed by atoms with Gasteiger partial charge in [-0.25, -0.2) is 0 Å². The Bertz CT molecular complexity index is 1440. The Hall–Kier alpha value is -3.35. The maximum absolute atomic E-state index is 6.95. The van der Waals surface area contributed by atoms with E-state index >= 15 is 0 Å². The van der Waals surface area contributed by atoms with Crippen LogP contribution in [0.5, 0.6) is 0 Å². The topological polar surface area (TPSA) is 36.3 Å². The Morgan fingerprint density at radius 3 is 2.53 bits per heavy atom. The summed E-state index contributed by atoms with van der Waals surface area (Å²) in [4.78, 5) is 9.31. The van der Waals surface area contributed by atoms with Crippen LogP contribution in [0, 0.1) is 12.8 Å². The monoisotopic (exact) mass is 541 g/mol. The van der Waals surface area contributed by atoms with Crippen molar-refractivity contribution < 1.29 is 0 Å². The minimum atomic E-state index is -0.121. The van der Waals surface area contributed by atoms with Crippen molar-refractivity contribution in [2.24, 2.45) is 5.92 Å². The van der Waals surface area contributed by atoms with Crippen molar-refractivity contribution in [3.05, 3.63) is 107 Å². The van der Waals surface area contributed by atoms with Gasteiger partial charge in [0.2, 0.25) is 0 Å². The largest absolute Gasteiger partial charge is 0.370 e. The molecule has 2 saturated heterocycles. The first-order chi connectivity index (χ1) is 18.5. The number of aryl methyl sites for hydroxylation is 1. The summed E-state index contributed by atoms with van der Waals surface area (Å²) in [7, 11) is 0. The molecule has 0 aliphatic carbocycles. The number of rotatable bonds is 5. The van der Waals surface area contributed by atoms with Gasteiger partial charge in [-0.05, 0) is 98.1 Å². The van der Waals surface area contributed by atoms with E-state index in [1.54, 1.807) is 0 Å². The Balaban J connectivity index is 1.42. The Morgan fingerprint density at radius 2 is 1.79 bits per heavy atom. The van der Waals surface area contributed by atoms with Crippen LogP contribution in [0.15, 0.2) is 85.2 Å². The molecule has 2 atom stereocenters. The number of benzene rings is 2. The maximum atomic E-state index is 6.95. The van der Waals surface area contributed by atoms with Crippen LogP contribution in [0.4, 0.5) is 11.4 Å². The van der Waals surface area contributed by atoms with Crippen LogP contribution in [0.25, 0.3) is 5.69 Å². The van der Waals surface area contributed by atoms with Crippen LogP contribution >= 0.6 is 23.8 Å². The van der Waals surface area contributed by atoms with E-state index in [9.17, 15) is 0 Å². The summed E-state index contributed by atoms with van der Waals surface area (Å²) in [5, 5.41) is 5.00. The molecule has 0 bridgehead atoms. The van der Waals surface area contributed by atoms with Crippen molar-refractivity contribution >= 4 is 40.3 Å². The second-order valence-corrected chi connectivity index (χ2v) is 11.2. The molecule has 5 nitrogen and oxygen atoms in total. The minimum absolute atomic E-state index is 0.120. The highest BCUT2D eigenvalue weighted by atomic mass is 35.5. The third kappa shape index (κ3) is 4.67. The second kappa shape index (κ2) is 10.4. The van der Waals surface area contributed by atoms with Crippen LogP contribution in [0.2, 0.25) is 5.02 Å². The first-order valence-corrected chi connectivity index (χ1v) is 14.1. The predicted octanol–water partition coefficient (Wildman–Crippen LogP) is 7.25. The molecule has 6 rings (SSSR count). The van der Waals surface area contributed by atoms with Crippen LogP contribution in [-0.2, 0) is 0 Å². The predicted molar refractivity (Wildman–Crippen MR) is 161 cm³/mol. The highest BCUT2D eigenvalue weighted by molar-refractivity contribution is 7.80. The molecule has 2 aliphatic rings.